The molecule has 0 bridgehead atoms. The van der Waals surface area contributed by atoms with Crippen molar-refractivity contribution in [2.75, 3.05) is 0 Å². The van der Waals surface area contributed by atoms with Crippen LogP contribution in [0.25, 0.3) is 0 Å². The number of aliphatic hydroxyl groups excluding tert-OH is 1. The molecule has 9 nitrogen and oxygen atoms in total. The van der Waals surface area contributed by atoms with Crippen LogP contribution in [0.15, 0.2) is 23.5 Å². The fourth-order valence-corrected chi connectivity index (χ4v) is 8.79. The van der Waals surface area contributed by atoms with E-state index in [1.807, 2.05) is 33.8 Å². The molecule has 9 heteroatoms. The number of hydrogen-bond donors (Lipinski definition) is 1. The summed E-state index contributed by atoms with van der Waals surface area (Å²) in [5.41, 5.74) is -3.44. The maximum Gasteiger partial charge on any atom is 0.339 e. The number of aliphatic hydroxyl groups is 1. The predicted octanol–water partition coefficient (Wildman–Crippen LogP) is 2.79. The van der Waals surface area contributed by atoms with Gasteiger partial charge in [0.05, 0.1) is 23.9 Å². The van der Waals surface area contributed by atoms with Crippen molar-refractivity contribution < 1.29 is 43.2 Å². The fourth-order valence-electron chi connectivity index (χ4n) is 8.79. The van der Waals surface area contributed by atoms with E-state index in [0.29, 0.717) is 30.6 Å². The molecule has 2 aliphatic carbocycles. The Balaban J connectivity index is 1.33. The SMILES string of the molecule is CC1=C/C(=C\[C@H](C)[C@@H]2[C@@H]3C(=O)O[C@@]4(CC[C@]23C)C(O)[C@@]23OC(=O)C[C@H]2OC(C)(C)[C@@H]3CC[C@H]4C=O)OC1=O. The highest BCUT2D eigenvalue weighted by atomic mass is 16.6. The van der Waals surface area contributed by atoms with Crippen molar-refractivity contribution >= 4 is 24.2 Å². The number of allylic oxidation sites excluding steroid dienone is 2. The molecule has 0 radical (unpaired) electrons. The van der Waals surface area contributed by atoms with Crippen LogP contribution in [-0.2, 0) is 38.1 Å². The van der Waals surface area contributed by atoms with E-state index in [4.69, 9.17) is 18.9 Å². The van der Waals surface area contributed by atoms with Gasteiger partial charge in [-0.2, -0.15) is 0 Å². The summed E-state index contributed by atoms with van der Waals surface area (Å²) in [6.07, 6.45) is 4.00. The van der Waals surface area contributed by atoms with Gasteiger partial charge in [-0.15, -0.1) is 0 Å². The van der Waals surface area contributed by atoms with Crippen molar-refractivity contribution in [1.82, 2.24) is 0 Å². The molecule has 4 aliphatic heterocycles. The Kier molecular flexibility index (Phi) is 5.42. The number of esters is 3. The van der Waals surface area contributed by atoms with Crippen molar-refractivity contribution in [3.05, 3.63) is 23.5 Å². The number of rotatable bonds is 3. The quantitative estimate of drug-likeness (QED) is 0.334. The highest BCUT2D eigenvalue weighted by Gasteiger charge is 2.77. The third-order valence-electron chi connectivity index (χ3n) is 10.6. The second kappa shape index (κ2) is 8.01. The van der Waals surface area contributed by atoms with Crippen LogP contribution < -0.4 is 0 Å². The molecule has 6 aliphatic rings. The maximum atomic E-state index is 13.8. The summed E-state index contributed by atoms with van der Waals surface area (Å²) < 4.78 is 23.8. The van der Waals surface area contributed by atoms with Gasteiger partial charge in [0, 0.05) is 11.5 Å². The van der Waals surface area contributed by atoms with Crippen LogP contribution in [0.2, 0.25) is 0 Å². The minimum absolute atomic E-state index is 0.0138. The van der Waals surface area contributed by atoms with E-state index >= 15 is 0 Å². The van der Waals surface area contributed by atoms with Crippen LogP contribution in [-0.4, -0.2) is 58.3 Å². The number of carbonyl (C=O) groups is 4. The Morgan fingerprint density at radius 1 is 1.11 bits per heavy atom. The summed E-state index contributed by atoms with van der Waals surface area (Å²) in [5, 5.41) is 12.1. The lowest BCUT2D eigenvalue weighted by Gasteiger charge is -2.46. The van der Waals surface area contributed by atoms with Crippen molar-refractivity contribution in [3.8, 4) is 0 Å². The first kappa shape index (κ1) is 25.7. The Hall–Kier alpha value is -2.52. The smallest absolute Gasteiger partial charge is 0.339 e. The Labute approximate surface area is 221 Å². The van der Waals surface area contributed by atoms with Gasteiger partial charge in [-0.25, -0.2) is 4.79 Å². The summed E-state index contributed by atoms with van der Waals surface area (Å²) in [4.78, 5) is 50.5. The maximum absolute atomic E-state index is 13.8. The van der Waals surface area contributed by atoms with Crippen LogP contribution in [0.4, 0.5) is 0 Å². The lowest BCUT2D eigenvalue weighted by molar-refractivity contribution is -0.223. The normalized spacial score (nSPS) is 48.6. The van der Waals surface area contributed by atoms with E-state index in [9.17, 15) is 24.3 Å². The number of ether oxygens (including phenoxy) is 4. The minimum Gasteiger partial charge on any atom is -0.455 e. The van der Waals surface area contributed by atoms with E-state index in [1.165, 1.54) is 0 Å². The van der Waals surface area contributed by atoms with Gasteiger partial charge in [0.15, 0.2) is 11.2 Å². The van der Waals surface area contributed by atoms with E-state index in [1.54, 1.807) is 13.0 Å². The molecular formula is C29H36O9. The van der Waals surface area contributed by atoms with Crippen LogP contribution in [0, 0.1) is 35.0 Å². The molecule has 3 saturated heterocycles. The monoisotopic (exact) mass is 528 g/mol. The molecule has 2 spiro atoms. The molecule has 0 aromatic rings. The zero-order chi connectivity index (χ0) is 27.4. The van der Waals surface area contributed by atoms with Gasteiger partial charge in [0.25, 0.3) is 0 Å². The third kappa shape index (κ3) is 3.24. The molecule has 1 unspecified atom stereocenters. The predicted molar refractivity (Wildman–Crippen MR) is 131 cm³/mol. The average molecular weight is 529 g/mol. The molecular weight excluding hydrogens is 492 g/mol. The highest BCUT2D eigenvalue weighted by Crippen LogP contribution is 2.69. The van der Waals surface area contributed by atoms with Crippen LogP contribution >= 0.6 is 0 Å². The van der Waals surface area contributed by atoms with Crippen LogP contribution in [0.3, 0.4) is 0 Å². The largest absolute Gasteiger partial charge is 0.455 e. The summed E-state index contributed by atoms with van der Waals surface area (Å²) >= 11 is 0. The number of hydrogen-bond acceptors (Lipinski definition) is 9. The number of cyclic esters (lactones) is 1. The molecule has 6 rings (SSSR count). The van der Waals surface area contributed by atoms with Gasteiger partial charge in [0.1, 0.15) is 24.3 Å². The Bertz CT molecular complexity index is 1180. The van der Waals surface area contributed by atoms with Crippen molar-refractivity contribution in [1.29, 1.82) is 0 Å². The zero-order valence-corrected chi connectivity index (χ0v) is 22.5. The van der Waals surface area contributed by atoms with Crippen molar-refractivity contribution in [2.24, 2.45) is 35.0 Å². The van der Waals surface area contributed by atoms with Gasteiger partial charge in [0.2, 0.25) is 0 Å². The first-order valence-corrected chi connectivity index (χ1v) is 13.7. The zero-order valence-electron chi connectivity index (χ0n) is 22.5. The number of fused-ring (bicyclic) bond motifs is 1. The topological polar surface area (TPSA) is 125 Å². The van der Waals surface area contributed by atoms with Crippen LogP contribution in [0.5, 0.6) is 0 Å². The molecule has 4 heterocycles. The molecule has 10 atom stereocenters. The average Bonchev–Trinajstić information content (AvgIpc) is 3.13. The summed E-state index contributed by atoms with van der Waals surface area (Å²) in [6.45, 7) is 9.57. The summed E-state index contributed by atoms with van der Waals surface area (Å²) in [5.74, 6) is -2.40. The number of aldehydes is 1. The minimum atomic E-state index is -1.51. The highest BCUT2D eigenvalue weighted by molar-refractivity contribution is 5.92. The van der Waals surface area contributed by atoms with E-state index in [0.717, 1.165) is 6.29 Å². The van der Waals surface area contributed by atoms with Gasteiger partial charge >= 0.3 is 17.9 Å². The molecule has 206 valence electrons. The molecule has 38 heavy (non-hydrogen) atoms. The lowest BCUT2D eigenvalue weighted by atomic mass is 9.68. The van der Waals surface area contributed by atoms with Gasteiger partial charge in [-0.05, 0) is 75.9 Å². The Morgan fingerprint density at radius 3 is 2.50 bits per heavy atom. The second-order valence-corrected chi connectivity index (χ2v) is 13.0. The molecule has 0 aromatic carbocycles. The van der Waals surface area contributed by atoms with E-state index < -0.39 is 58.2 Å². The molecule has 2 saturated carbocycles. The molecule has 1 N–H and O–H groups in total. The lowest BCUT2D eigenvalue weighted by Crippen LogP contribution is -2.65. The first-order chi connectivity index (χ1) is 17.8. The van der Waals surface area contributed by atoms with Gasteiger partial charge in [-0.3, -0.25) is 9.59 Å². The van der Waals surface area contributed by atoms with Gasteiger partial charge in [-0.1, -0.05) is 13.8 Å². The molecule has 5 fully saturated rings. The molecule has 0 aromatic heterocycles. The van der Waals surface area contributed by atoms with Crippen LogP contribution in [0.1, 0.15) is 66.7 Å². The van der Waals surface area contributed by atoms with Crippen molar-refractivity contribution in [2.45, 2.75) is 95.7 Å². The van der Waals surface area contributed by atoms with E-state index in [2.05, 4.69) is 0 Å². The van der Waals surface area contributed by atoms with E-state index in [-0.39, 0.29) is 36.6 Å². The summed E-state index contributed by atoms with van der Waals surface area (Å²) in [7, 11) is 0. The number of carbonyl (C=O) groups excluding carboxylic acids is 4. The fraction of sp³-hybridized carbons (Fsp3) is 0.724. The third-order valence-corrected chi connectivity index (χ3v) is 10.6. The van der Waals surface area contributed by atoms with Gasteiger partial charge < -0.3 is 28.8 Å². The Morgan fingerprint density at radius 2 is 1.84 bits per heavy atom. The molecule has 0 amide bonds. The standard InChI is InChI=1S/C29H36O9/c1-14(10-17-11-15(2)23(32)35-17)21-22-24(33)38-28(9-8-27(21,22)5)16(13-30)6-7-18-26(3,4)36-19-12-20(31)37-29(18,19)25(28)34/h10-11,13-14,16,18-19,21-22,25,34H,6-9,12H2,1-5H3/b17-10+/t14-,16-,18-,19+,21+,22+,25?,27+,28+,29-/m0/s1. The second-order valence-electron chi connectivity index (χ2n) is 13.0. The summed E-state index contributed by atoms with van der Waals surface area (Å²) in [6, 6.07) is 0. The van der Waals surface area contributed by atoms with Crippen molar-refractivity contribution in [3.63, 3.8) is 0 Å². The first-order valence-electron chi connectivity index (χ1n) is 13.7.